The number of hydrogen-bond donors (Lipinski definition) is 2. The van der Waals surface area contributed by atoms with Gasteiger partial charge in [-0.05, 0) is 32.2 Å². The summed E-state index contributed by atoms with van der Waals surface area (Å²) in [7, 11) is -1.80. The van der Waals surface area contributed by atoms with Crippen LogP contribution in [0.3, 0.4) is 0 Å². The van der Waals surface area contributed by atoms with Crippen LogP contribution in [0.1, 0.15) is 34.1 Å². The molecule has 0 atom stereocenters. The monoisotopic (exact) mass is 251 g/mol. The fourth-order valence-corrected chi connectivity index (χ4v) is 2.48. The van der Waals surface area contributed by atoms with Crippen LogP contribution in [0.15, 0.2) is 0 Å². The van der Waals surface area contributed by atoms with Crippen molar-refractivity contribution in [2.24, 2.45) is 11.1 Å². The molecule has 0 radical (unpaired) electrons. The molecule has 0 heterocycles. The minimum absolute atomic E-state index is 0.0462. The van der Waals surface area contributed by atoms with E-state index < -0.39 is 10.2 Å². The van der Waals surface area contributed by atoms with Gasteiger partial charge >= 0.3 is 0 Å². The van der Waals surface area contributed by atoms with E-state index in [2.05, 4.69) is 4.72 Å². The van der Waals surface area contributed by atoms with Gasteiger partial charge in [-0.25, -0.2) is 4.72 Å². The number of nitrogens with one attached hydrogen (secondary N) is 1. The number of rotatable bonds is 7. The highest BCUT2D eigenvalue weighted by molar-refractivity contribution is 7.87. The normalized spacial score (nSPS) is 13.8. The third-order valence-corrected chi connectivity index (χ3v) is 4.35. The Morgan fingerprint density at radius 1 is 1.38 bits per heavy atom. The second kappa shape index (κ2) is 5.95. The predicted octanol–water partition coefficient (Wildman–Crippen LogP) is 0.536. The van der Waals surface area contributed by atoms with E-state index in [0.29, 0.717) is 13.1 Å². The van der Waals surface area contributed by atoms with Crippen molar-refractivity contribution >= 4 is 10.2 Å². The van der Waals surface area contributed by atoms with E-state index in [1.54, 1.807) is 7.05 Å². The molecule has 0 amide bonds. The first-order valence-electron chi connectivity index (χ1n) is 5.55. The molecule has 5 nitrogen and oxygen atoms in total. The molecule has 0 aromatic heterocycles. The Morgan fingerprint density at radius 2 is 1.88 bits per heavy atom. The van der Waals surface area contributed by atoms with Crippen molar-refractivity contribution in [1.82, 2.24) is 9.03 Å². The molecule has 0 fully saturated rings. The summed E-state index contributed by atoms with van der Waals surface area (Å²) in [6, 6.07) is -0.0462. The summed E-state index contributed by atoms with van der Waals surface area (Å²) in [6.07, 6.45) is 0.793. The van der Waals surface area contributed by atoms with E-state index >= 15 is 0 Å². The van der Waals surface area contributed by atoms with Gasteiger partial charge in [-0.2, -0.15) is 12.7 Å². The zero-order valence-corrected chi connectivity index (χ0v) is 11.8. The van der Waals surface area contributed by atoms with Crippen molar-refractivity contribution in [3.63, 3.8) is 0 Å². The summed E-state index contributed by atoms with van der Waals surface area (Å²) in [4.78, 5) is 0. The molecule has 6 heteroatoms. The Hall–Kier alpha value is -0.170. The largest absolute Gasteiger partial charge is 0.330 e. The van der Waals surface area contributed by atoms with Crippen LogP contribution in [-0.2, 0) is 10.2 Å². The molecule has 0 rings (SSSR count). The first kappa shape index (κ1) is 15.8. The summed E-state index contributed by atoms with van der Waals surface area (Å²) in [5, 5.41) is 0. The lowest BCUT2D eigenvalue weighted by Gasteiger charge is -2.27. The highest BCUT2D eigenvalue weighted by atomic mass is 32.2. The van der Waals surface area contributed by atoms with Crippen molar-refractivity contribution < 1.29 is 8.42 Å². The lowest BCUT2D eigenvalue weighted by molar-refractivity contribution is 0.330. The molecule has 0 aliphatic rings. The van der Waals surface area contributed by atoms with Crippen LogP contribution in [-0.4, -0.2) is 38.9 Å². The average Bonchev–Trinajstić information content (AvgIpc) is 2.14. The smallest absolute Gasteiger partial charge is 0.279 e. The molecular weight excluding hydrogens is 226 g/mol. The van der Waals surface area contributed by atoms with Gasteiger partial charge in [0.2, 0.25) is 0 Å². The Bertz CT molecular complexity index is 299. The lowest BCUT2D eigenvalue weighted by Crippen LogP contribution is -2.45. The summed E-state index contributed by atoms with van der Waals surface area (Å²) >= 11 is 0. The van der Waals surface area contributed by atoms with Crippen molar-refractivity contribution in [1.29, 1.82) is 0 Å². The Kier molecular flexibility index (Phi) is 5.89. The van der Waals surface area contributed by atoms with E-state index in [9.17, 15) is 8.42 Å². The summed E-state index contributed by atoms with van der Waals surface area (Å²) in [6.45, 7) is 8.64. The molecule has 0 spiro atoms. The van der Waals surface area contributed by atoms with Gasteiger partial charge < -0.3 is 5.73 Å². The lowest BCUT2D eigenvalue weighted by atomic mass is 9.90. The third kappa shape index (κ3) is 5.25. The maximum atomic E-state index is 11.8. The fraction of sp³-hybridized carbons (Fsp3) is 1.00. The third-order valence-electron chi connectivity index (χ3n) is 2.66. The van der Waals surface area contributed by atoms with Crippen molar-refractivity contribution in [3.8, 4) is 0 Å². The number of hydrogen-bond acceptors (Lipinski definition) is 3. The van der Waals surface area contributed by atoms with Crippen molar-refractivity contribution in [2.75, 3.05) is 20.1 Å². The maximum Gasteiger partial charge on any atom is 0.279 e. The predicted molar refractivity (Wildman–Crippen MR) is 67.3 cm³/mol. The molecule has 0 aromatic rings. The van der Waals surface area contributed by atoms with Gasteiger partial charge in [0.25, 0.3) is 10.2 Å². The summed E-state index contributed by atoms with van der Waals surface area (Å²) in [5.41, 5.74) is 5.36. The van der Waals surface area contributed by atoms with Crippen molar-refractivity contribution in [3.05, 3.63) is 0 Å². The van der Waals surface area contributed by atoms with Crippen LogP contribution in [0, 0.1) is 5.41 Å². The van der Waals surface area contributed by atoms with Crippen LogP contribution in [0.4, 0.5) is 0 Å². The fourth-order valence-electron chi connectivity index (χ4n) is 1.15. The molecule has 0 unspecified atom stereocenters. The molecule has 0 saturated heterocycles. The Morgan fingerprint density at radius 3 is 2.25 bits per heavy atom. The van der Waals surface area contributed by atoms with E-state index in [4.69, 9.17) is 5.73 Å². The minimum atomic E-state index is -3.37. The van der Waals surface area contributed by atoms with Gasteiger partial charge in [0.15, 0.2) is 0 Å². The van der Waals surface area contributed by atoms with Crippen LogP contribution in [0.2, 0.25) is 0 Å². The van der Waals surface area contributed by atoms with E-state index in [0.717, 1.165) is 6.42 Å². The molecular formula is C10H25N3O2S. The van der Waals surface area contributed by atoms with E-state index in [1.165, 1.54) is 4.31 Å². The summed E-state index contributed by atoms with van der Waals surface area (Å²) in [5.74, 6) is 0. The SMILES string of the molecule is CC(C)N(C)S(=O)(=O)NCC(C)(C)CCN. The van der Waals surface area contributed by atoms with Gasteiger partial charge in [0, 0.05) is 19.6 Å². The van der Waals surface area contributed by atoms with E-state index in [-0.39, 0.29) is 11.5 Å². The first-order chi connectivity index (χ1) is 7.12. The standard InChI is InChI=1S/C10H25N3O2S/c1-9(2)13(5)16(14,15)12-8-10(3,4)6-7-11/h9,12H,6-8,11H2,1-5H3. The van der Waals surface area contributed by atoms with Crippen LogP contribution < -0.4 is 10.5 Å². The molecule has 0 aliphatic heterocycles. The zero-order valence-electron chi connectivity index (χ0n) is 10.9. The first-order valence-corrected chi connectivity index (χ1v) is 6.99. The molecule has 0 aliphatic carbocycles. The summed E-state index contributed by atoms with van der Waals surface area (Å²) < 4.78 is 27.5. The topological polar surface area (TPSA) is 75.4 Å². The minimum Gasteiger partial charge on any atom is -0.330 e. The zero-order chi connectivity index (χ0) is 13.0. The second-order valence-electron chi connectivity index (χ2n) is 5.14. The van der Waals surface area contributed by atoms with Crippen LogP contribution >= 0.6 is 0 Å². The van der Waals surface area contributed by atoms with Gasteiger partial charge in [0.05, 0.1) is 0 Å². The number of nitrogens with two attached hydrogens (primary N) is 1. The molecule has 98 valence electrons. The number of nitrogens with zero attached hydrogens (tertiary/aromatic N) is 1. The van der Waals surface area contributed by atoms with Crippen LogP contribution in [0.5, 0.6) is 0 Å². The quantitative estimate of drug-likeness (QED) is 0.693. The molecule has 0 aromatic carbocycles. The van der Waals surface area contributed by atoms with Crippen molar-refractivity contribution in [2.45, 2.75) is 40.2 Å². The molecule has 16 heavy (non-hydrogen) atoms. The van der Waals surface area contributed by atoms with Gasteiger partial charge in [-0.15, -0.1) is 0 Å². The highest BCUT2D eigenvalue weighted by Gasteiger charge is 2.24. The average molecular weight is 251 g/mol. The van der Waals surface area contributed by atoms with E-state index in [1.807, 2.05) is 27.7 Å². The maximum absolute atomic E-state index is 11.8. The Balaban J connectivity index is 4.40. The second-order valence-corrected chi connectivity index (χ2v) is 6.95. The van der Waals surface area contributed by atoms with Crippen LogP contribution in [0.25, 0.3) is 0 Å². The van der Waals surface area contributed by atoms with Gasteiger partial charge in [-0.1, -0.05) is 13.8 Å². The molecule has 0 saturated carbocycles. The van der Waals surface area contributed by atoms with Gasteiger partial charge in [-0.3, -0.25) is 0 Å². The molecule has 0 bridgehead atoms. The molecule has 3 N–H and O–H groups in total. The Labute approximate surface area is 99.6 Å². The van der Waals surface area contributed by atoms with Gasteiger partial charge in [0.1, 0.15) is 0 Å². The highest BCUT2D eigenvalue weighted by Crippen LogP contribution is 2.18.